The third-order valence-electron chi connectivity index (χ3n) is 1.87. The van der Waals surface area contributed by atoms with Crippen LogP contribution in [0.4, 0.5) is 0 Å². The molecular formula is C10H9Cl2NO3. The zero-order valence-corrected chi connectivity index (χ0v) is 9.63. The molecule has 1 aromatic rings. The summed E-state index contributed by atoms with van der Waals surface area (Å²) in [5.41, 5.74) is 0.968. The van der Waals surface area contributed by atoms with Crippen LogP contribution < -0.4 is 5.32 Å². The topological polar surface area (TPSA) is 66.4 Å². The van der Waals surface area contributed by atoms with Gasteiger partial charge in [-0.1, -0.05) is 35.3 Å². The molecule has 1 aromatic carbocycles. The van der Waals surface area contributed by atoms with Crippen LogP contribution in [-0.4, -0.2) is 21.8 Å². The molecule has 0 heterocycles. The van der Waals surface area contributed by atoms with Gasteiger partial charge >= 0.3 is 5.97 Å². The number of halogens is 2. The monoisotopic (exact) mass is 261 g/mol. The van der Waals surface area contributed by atoms with Crippen LogP contribution in [0.1, 0.15) is 15.9 Å². The van der Waals surface area contributed by atoms with Gasteiger partial charge in [0.1, 0.15) is 0 Å². The highest BCUT2D eigenvalue weighted by Crippen LogP contribution is 2.05. The second kappa shape index (κ2) is 5.72. The van der Waals surface area contributed by atoms with Gasteiger partial charge in [0.25, 0.3) is 5.91 Å². The number of benzene rings is 1. The van der Waals surface area contributed by atoms with Crippen molar-refractivity contribution in [1.82, 2.24) is 5.32 Å². The lowest BCUT2D eigenvalue weighted by Gasteiger charge is -2.05. The summed E-state index contributed by atoms with van der Waals surface area (Å²) in [4.78, 5) is 20.5. The fraction of sp³-hybridized carbons (Fsp3) is 0.200. The lowest BCUT2D eigenvalue weighted by Crippen LogP contribution is -2.27. The predicted octanol–water partition coefficient (Wildman–Crippen LogP) is 1.80. The number of carbonyl (C=O) groups excluding carboxylic acids is 1. The van der Waals surface area contributed by atoms with Gasteiger partial charge in [-0.15, -0.1) is 0 Å². The summed E-state index contributed by atoms with van der Waals surface area (Å²) in [6, 6.07) is 6.15. The number of amides is 1. The van der Waals surface area contributed by atoms with Crippen LogP contribution in [-0.2, 0) is 11.3 Å². The highest BCUT2D eigenvalue weighted by molar-refractivity contribution is 6.53. The maximum atomic E-state index is 11.0. The first-order chi connectivity index (χ1) is 7.50. The number of nitrogens with one attached hydrogen (secondary N) is 1. The summed E-state index contributed by atoms with van der Waals surface area (Å²) >= 11 is 10.7. The fourth-order valence-corrected chi connectivity index (χ4v) is 1.19. The van der Waals surface area contributed by atoms with Crippen molar-refractivity contribution >= 4 is 35.1 Å². The Balaban J connectivity index is 2.56. The van der Waals surface area contributed by atoms with E-state index in [0.29, 0.717) is 0 Å². The molecule has 0 aliphatic heterocycles. The summed E-state index contributed by atoms with van der Waals surface area (Å²) in [6.45, 7) is 0.259. The van der Waals surface area contributed by atoms with Crippen LogP contribution in [0.25, 0.3) is 0 Å². The zero-order chi connectivity index (χ0) is 12.1. The van der Waals surface area contributed by atoms with Gasteiger partial charge in [-0.2, -0.15) is 0 Å². The molecule has 0 aromatic heterocycles. The number of alkyl halides is 2. The van der Waals surface area contributed by atoms with Gasteiger partial charge in [0.05, 0.1) is 5.56 Å². The van der Waals surface area contributed by atoms with E-state index in [9.17, 15) is 9.59 Å². The molecule has 0 aliphatic carbocycles. The van der Waals surface area contributed by atoms with Gasteiger partial charge in [-0.05, 0) is 17.7 Å². The average molecular weight is 262 g/mol. The quantitative estimate of drug-likeness (QED) is 0.813. The van der Waals surface area contributed by atoms with Crippen molar-refractivity contribution < 1.29 is 14.7 Å². The minimum Gasteiger partial charge on any atom is -0.478 e. The van der Waals surface area contributed by atoms with E-state index in [-0.39, 0.29) is 12.1 Å². The van der Waals surface area contributed by atoms with Crippen LogP contribution in [0, 0.1) is 0 Å². The second-order valence-corrected chi connectivity index (χ2v) is 4.12. The molecule has 0 bridgehead atoms. The van der Waals surface area contributed by atoms with Crippen LogP contribution >= 0.6 is 23.2 Å². The van der Waals surface area contributed by atoms with Crippen molar-refractivity contribution in [2.24, 2.45) is 0 Å². The van der Waals surface area contributed by atoms with Crippen molar-refractivity contribution in [2.75, 3.05) is 0 Å². The SMILES string of the molecule is O=C(O)c1ccc(CNC(=O)C(Cl)Cl)cc1. The highest BCUT2D eigenvalue weighted by atomic mass is 35.5. The molecule has 86 valence electrons. The fourth-order valence-electron chi connectivity index (χ4n) is 1.03. The molecule has 0 unspecified atom stereocenters. The summed E-state index contributed by atoms with van der Waals surface area (Å²) in [5.74, 6) is -1.47. The largest absolute Gasteiger partial charge is 0.478 e. The molecule has 16 heavy (non-hydrogen) atoms. The molecule has 1 rings (SSSR count). The Morgan fingerprint density at radius 3 is 2.25 bits per heavy atom. The van der Waals surface area contributed by atoms with E-state index in [1.807, 2.05) is 0 Å². The van der Waals surface area contributed by atoms with E-state index in [2.05, 4.69) is 5.32 Å². The summed E-state index contributed by atoms with van der Waals surface area (Å²) in [5, 5.41) is 11.2. The van der Waals surface area contributed by atoms with Crippen molar-refractivity contribution in [3.63, 3.8) is 0 Å². The number of carbonyl (C=O) groups is 2. The Hall–Kier alpha value is -1.26. The van der Waals surface area contributed by atoms with Crippen LogP contribution in [0.2, 0.25) is 0 Å². The number of hydrogen-bond acceptors (Lipinski definition) is 2. The molecule has 4 nitrogen and oxygen atoms in total. The number of carboxylic acids is 1. The van der Waals surface area contributed by atoms with E-state index >= 15 is 0 Å². The predicted molar refractivity (Wildman–Crippen MR) is 60.7 cm³/mol. The summed E-state index contributed by atoms with van der Waals surface area (Å²) < 4.78 is 0. The lowest BCUT2D eigenvalue weighted by molar-refractivity contribution is -0.119. The summed E-state index contributed by atoms with van der Waals surface area (Å²) in [7, 11) is 0. The number of aromatic carboxylic acids is 1. The molecule has 0 atom stereocenters. The van der Waals surface area contributed by atoms with Gasteiger partial charge in [-0.25, -0.2) is 4.79 Å². The van der Waals surface area contributed by atoms with Gasteiger partial charge in [0.2, 0.25) is 0 Å². The van der Waals surface area contributed by atoms with E-state index in [4.69, 9.17) is 28.3 Å². The standard InChI is InChI=1S/C10H9Cl2NO3/c11-8(12)9(14)13-5-6-1-3-7(4-2-6)10(15)16/h1-4,8H,5H2,(H,13,14)(H,15,16). The molecule has 0 saturated carbocycles. The van der Waals surface area contributed by atoms with E-state index in [0.717, 1.165) is 5.56 Å². The van der Waals surface area contributed by atoms with Crippen LogP contribution in [0.3, 0.4) is 0 Å². The molecule has 0 spiro atoms. The number of rotatable bonds is 4. The molecule has 0 radical (unpaired) electrons. The van der Waals surface area contributed by atoms with Crippen molar-refractivity contribution in [1.29, 1.82) is 0 Å². The zero-order valence-electron chi connectivity index (χ0n) is 8.11. The average Bonchev–Trinajstić information content (AvgIpc) is 2.26. The molecule has 0 saturated heterocycles. The van der Waals surface area contributed by atoms with Crippen LogP contribution in [0.15, 0.2) is 24.3 Å². The highest BCUT2D eigenvalue weighted by Gasteiger charge is 2.10. The minimum absolute atomic E-state index is 0.197. The Bertz CT molecular complexity index is 390. The maximum Gasteiger partial charge on any atom is 0.335 e. The van der Waals surface area contributed by atoms with E-state index in [1.54, 1.807) is 12.1 Å². The lowest BCUT2D eigenvalue weighted by atomic mass is 10.1. The van der Waals surface area contributed by atoms with Crippen LogP contribution in [0.5, 0.6) is 0 Å². The second-order valence-electron chi connectivity index (χ2n) is 3.02. The first-order valence-corrected chi connectivity index (χ1v) is 5.26. The smallest absolute Gasteiger partial charge is 0.335 e. The first kappa shape index (κ1) is 12.8. The minimum atomic E-state index is -1.10. The van der Waals surface area contributed by atoms with Gasteiger partial charge in [-0.3, -0.25) is 4.79 Å². The van der Waals surface area contributed by atoms with Gasteiger partial charge in [0, 0.05) is 6.54 Å². The molecule has 0 fully saturated rings. The number of hydrogen-bond donors (Lipinski definition) is 2. The Morgan fingerprint density at radius 2 is 1.81 bits per heavy atom. The normalized spacial score (nSPS) is 10.2. The number of carboxylic acid groups (broad SMARTS) is 1. The Labute approximate surface area is 102 Å². The third-order valence-corrected chi connectivity index (χ3v) is 2.26. The first-order valence-electron chi connectivity index (χ1n) is 4.39. The molecule has 2 N–H and O–H groups in total. The van der Waals surface area contributed by atoms with Gasteiger partial charge < -0.3 is 10.4 Å². The van der Waals surface area contributed by atoms with Crippen molar-refractivity contribution in [3.8, 4) is 0 Å². The van der Waals surface area contributed by atoms with Crippen molar-refractivity contribution in [3.05, 3.63) is 35.4 Å². The van der Waals surface area contributed by atoms with E-state index in [1.165, 1.54) is 12.1 Å². The third kappa shape index (κ3) is 3.72. The Kier molecular flexibility index (Phi) is 4.58. The maximum absolute atomic E-state index is 11.0. The van der Waals surface area contributed by atoms with Crippen molar-refractivity contribution in [2.45, 2.75) is 11.4 Å². The molecular weight excluding hydrogens is 253 g/mol. The van der Waals surface area contributed by atoms with Gasteiger partial charge in [0.15, 0.2) is 4.84 Å². The molecule has 1 amide bonds. The summed E-state index contributed by atoms with van der Waals surface area (Å²) in [6.07, 6.45) is 0. The Morgan fingerprint density at radius 1 is 1.25 bits per heavy atom. The molecule has 6 heteroatoms. The molecule has 0 aliphatic rings. The van der Waals surface area contributed by atoms with E-state index < -0.39 is 16.7 Å².